The molecule has 0 unspecified atom stereocenters. The van der Waals surface area contributed by atoms with Gasteiger partial charge in [0.15, 0.2) is 11.6 Å². The summed E-state index contributed by atoms with van der Waals surface area (Å²) >= 11 is 0. The molecular weight excluding hydrogens is 1140 g/mol. The van der Waals surface area contributed by atoms with Crippen LogP contribution in [-0.2, 0) is 63.8 Å². The first-order valence-corrected chi connectivity index (χ1v) is 19.8. The monoisotopic (exact) mass is 1200 g/mol. The van der Waals surface area contributed by atoms with E-state index in [-0.39, 0.29) is 75.3 Å². The topological polar surface area (TPSA) is 167 Å². The van der Waals surface area contributed by atoms with Crippen LogP contribution in [0.5, 0.6) is 23.0 Å². The fourth-order valence-electron chi connectivity index (χ4n) is 5.22. The molecule has 0 saturated heterocycles. The fraction of sp³-hybridized carbons (Fsp3) is 0.320. The molecule has 0 radical (unpaired) electrons. The molecule has 0 fully saturated rings. The Hall–Kier alpha value is -5.04. The second-order valence-electron chi connectivity index (χ2n) is 18.1. The zero-order valence-electron chi connectivity index (χ0n) is 37.7. The van der Waals surface area contributed by atoms with Crippen LogP contribution in [0.3, 0.4) is 0 Å². The van der Waals surface area contributed by atoms with Crippen molar-refractivity contribution in [2.24, 2.45) is 20.5 Å². The first-order valence-electron chi connectivity index (χ1n) is 19.8. The molecule has 0 aliphatic carbocycles. The minimum Gasteiger partial charge on any atom is -0.873 e. The molecule has 0 spiro atoms. The summed E-state index contributed by atoms with van der Waals surface area (Å²) < 4.78 is 0. The molecule has 0 aliphatic rings. The van der Waals surface area contributed by atoms with Crippen LogP contribution in [0.1, 0.15) is 105 Å². The molecule has 12 heteroatoms. The number of benzene rings is 4. The van der Waals surface area contributed by atoms with Crippen LogP contribution in [0, 0.1) is 0 Å². The van der Waals surface area contributed by atoms with Crippen LogP contribution in [0.15, 0.2) is 154 Å². The van der Waals surface area contributed by atoms with Gasteiger partial charge in [0.05, 0.1) is 11.4 Å². The van der Waals surface area contributed by atoms with Gasteiger partial charge in [0.2, 0.25) is 0 Å². The molecule has 0 N–H and O–H groups in total. The number of hydrogen-bond donors (Lipinski definition) is 0. The van der Waals surface area contributed by atoms with Gasteiger partial charge in [-0.05, 0) is 81.3 Å². The molecule has 6 rings (SSSR count). The number of pyridine rings is 2. The molecule has 0 bridgehead atoms. The van der Waals surface area contributed by atoms with Crippen LogP contribution in [0.4, 0.5) is 23.0 Å². The summed E-state index contributed by atoms with van der Waals surface area (Å²) in [6.07, 6.45) is 3.39. The van der Waals surface area contributed by atoms with Crippen LogP contribution in [0.2, 0.25) is 0 Å². The maximum atomic E-state index is 11.8. The predicted octanol–water partition coefficient (Wildman–Crippen LogP) is 11.8. The van der Waals surface area contributed by atoms with Gasteiger partial charge in [-0.15, -0.1) is 43.5 Å². The van der Waals surface area contributed by atoms with E-state index in [1.54, 1.807) is 12.4 Å². The van der Waals surface area contributed by atoms with Gasteiger partial charge in [0, 0.05) is 12.4 Å². The second kappa shape index (κ2) is 24.6. The van der Waals surface area contributed by atoms with Crippen molar-refractivity contribution in [3.63, 3.8) is 0 Å². The summed E-state index contributed by atoms with van der Waals surface area (Å²) in [6, 6.07) is 36.9. The zero-order valence-corrected chi connectivity index (χ0v) is 42.2. The SMILES string of the molecule is CC(C)(C)c1cc([O-])c([O-])c(C(C)(C)C)c1.CC(C)(C)c1cc([O-])c([O-])c(C(C)(C)C)c1.[Pt+2].[Pt+2].c1ccc(N=Nc2ccccn2)cc1.c1ccc(N=Nc2ccccn2)cc1. The van der Waals surface area contributed by atoms with Gasteiger partial charge in [0.1, 0.15) is 0 Å². The molecule has 2 heterocycles. The molecule has 332 valence electrons. The molecule has 2 aromatic heterocycles. The Morgan fingerprint density at radius 2 is 0.677 bits per heavy atom. The van der Waals surface area contributed by atoms with Gasteiger partial charge < -0.3 is 20.4 Å². The van der Waals surface area contributed by atoms with E-state index in [9.17, 15) is 20.4 Å². The number of aromatic nitrogens is 2. The van der Waals surface area contributed by atoms with E-state index in [1.807, 2.05) is 192 Å². The fourth-order valence-corrected chi connectivity index (χ4v) is 5.22. The third kappa shape index (κ3) is 18.5. The second-order valence-corrected chi connectivity index (χ2v) is 18.1. The Labute approximate surface area is 397 Å². The maximum absolute atomic E-state index is 11.8. The van der Waals surface area contributed by atoms with Crippen molar-refractivity contribution < 1.29 is 62.6 Å². The molecule has 0 aliphatic heterocycles. The molecule has 10 nitrogen and oxygen atoms in total. The summed E-state index contributed by atoms with van der Waals surface area (Å²) in [5, 5.41) is 62.9. The van der Waals surface area contributed by atoms with Crippen molar-refractivity contribution in [3.8, 4) is 23.0 Å². The smallest absolute Gasteiger partial charge is 0.873 e. The molecule has 0 atom stereocenters. The zero-order chi connectivity index (χ0) is 44.7. The third-order valence-electron chi connectivity index (χ3n) is 8.80. The van der Waals surface area contributed by atoms with E-state index >= 15 is 0 Å². The average Bonchev–Trinajstić information content (AvgIpc) is 3.19. The Kier molecular flexibility index (Phi) is 21.8. The van der Waals surface area contributed by atoms with Crippen LogP contribution in [0.25, 0.3) is 0 Å². The average molecular weight is 1200 g/mol. The summed E-state index contributed by atoms with van der Waals surface area (Å²) in [7, 11) is 0. The standard InChI is InChI=1S/2C14H22O2.2C11H9N3.2Pt/c2*1-13(2,3)9-7-10(14(4,5)6)12(16)11(15)8-9;2*1-2-6-10(7-3-1)13-14-11-8-4-5-9-12-11;;/h2*7-8,15-16H,1-6H3;2*1-9H;;/q;;;;2*+2/p-4. The van der Waals surface area contributed by atoms with Crippen molar-refractivity contribution >= 4 is 23.0 Å². The van der Waals surface area contributed by atoms with E-state index < -0.39 is 11.5 Å². The van der Waals surface area contributed by atoms with Crippen LogP contribution in [-0.4, -0.2) is 9.97 Å². The van der Waals surface area contributed by atoms with Gasteiger partial charge in [-0.3, -0.25) is 0 Å². The number of rotatable bonds is 4. The van der Waals surface area contributed by atoms with E-state index in [0.29, 0.717) is 22.8 Å². The Bertz CT molecular complexity index is 2040. The number of hydrogen-bond acceptors (Lipinski definition) is 10. The van der Waals surface area contributed by atoms with Gasteiger partial charge >= 0.3 is 42.1 Å². The van der Waals surface area contributed by atoms with Crippen molar-refractivity contribution in [2.75, 3.05) is 0 Å². The minimum absolute atomic E-state index is 0. The third-order valence-corrected chi connectivity index (χ3v) is 8.80. The van der Waals surface area contributed by atoms with Crippen molar-refractivity contribution in [2.45, 2.75) is 105 Å². The van der Waals surface area contributed by atoms with Crippen molar-refractivity contribution in [1.82, 2.24) is 9.97 Å². The van der Waals surface area contributed by atoms with Crippen molar-refractivity contribution in [1.29, 1.82) is 0 Å². The molecule has 62 heavy (non-hydrogen) atoms. The maximum Gasteiger partial charge on any atom is 2.00 e. The summed E-state index contributed by atoms with van der Waals surface area (Å²) in [5.74, 6) is -0.261. The largest absolute Gasteiger partial charge is 2.00 e. The van der Waals surface area contributed by atoms with Gasteiger partial charge in [-0.2, -0.15) is 0 Å². The first kappa shape index (κ1) is 55.0. The minimum atomic E-state index is -0.391. The van der Waals surface area contributed by atoms with Gasteiger partial charge in [-0.25, -0.2) is 9.97 Å². The van der Waals surface area contributed by atoms with E-state index in [1.165, 1.54) is 12.1 Å². The Morgan fingerprint density at radius 3 is 0.935 bits per heavy atom. The summed E-state index contributed by atoms with van der Waals surface area (Å²) in [6.45, 7) is 24.0. The molecule has 0 saturated carbocycles. The number of azo groups is 2. The summed E-state index contributed by atoms with van der Waals surface area (Å²) in [5.41, 5.74) is 3.99. The predicted molar refractivity (Wildman–Crippen MR) is 235 cm³/mol. The summed E-state index contributed by atoms with van der Waals surface area (Å²) in [4.78, 5) is 8.07. The first-order chi connectivity index (χ1) is 28.0. The molecular formula is C50H58N6O4Pt2. The molecule has 4 aromatic carbocycles. The Morgan fingerprint density at radius 1 is 0.371 bits per heavy atom. The van der Waals surface area contributed by atoms with Gasteiger partial charge in [-0.1, -0.05) is 167 Å². The molecule has 0 amide bonds. The normalized spacial score (nSPS) is 11.4. The van der Waals surface area contributed by atoms with E-state index in [4.69, 9.17) is 0 Å². The van der Waals surface area contributed by atoms with E-state index in [2.05, 4.69) is 30.4 Å². The quantitative estimate of drug-likeness (QED) is 0.159. The van der Waals surface area contributed by atoms with E-state index in [0.717, 1.165) is 22.5 Å². The molecule has 6 aromatic rings. The van der Waals surface area contributed by atoms with Gasteiger partial charge in [0.25, 0.3) is 0 Å². The number of nitrogens with zero attached hydrogens (tertiary/aromatic N) is 6. The Balaban J connectivity index is 0.000000409. The van der Waals surface area contributed by atoms with Crippen molar-refractivity contribution in [3.05, 3.63) is 156 Å². The van der Waals surface area contributed by atoms with Crippen LogP contribution < -0.4 is 20.4 Å². The van der Waals surface area contributed by atoms with Crippen LogP contribution >= 0.6 is 0 Å².